The minimum absolute atomic E-state index is 0.325. The zero-order valence-electron chi connectivity index (χ0n) is 13.9. The number of carboxylic acid groups (broad SMARTS) is 1. The number of likely N-dealkylation sites (tertiary alicyclic amines) is 1. The minimum atomic E-state index is -3.16. The van der Waals surface area contributed by atoms with Crippen molar-refractivity contribution in [3.8, 4) is 0 Å². The van der Waals surface area contributed by atoms with E-state index >= 15 is 0 Å². The Kier molecular flexibility index (Phi) is 5.87. The largest absolute Gasteiger partial charge is 0.465 e. The van der Waals surface area contributed by atoms with Crippen LogP contribution in [0.25, 0.3) is 0 Å². The van der Waals surface area contributed by atoms with E-state index in [4.69, 9.17) is 5.11 Å². The van der Waals surface area contributed by atoms with E-state index in [0.29, 0.717) is 37.2 Å². The molecule has 6 nitrogen and oxygen atoms in total. The molecule has 1 aliphatic rings. The topological polar surface area (TPSA) is 94.9 Å². The molecule has 24 heavy (non-hydrogen) atoms. The Labute approximate surface area is 143 Å². The summed E-state index contributed by atoms with van der Waals surface area (Å²) in [6, 6.07) is 6.91. The molecule has 0 aliphatic carbocycles. The van der Waals surface area contributed by atoms with Crippen LogP contribution in [0.15, 0.2) is 29.2 Å². The first-order valence-corrected chi connectivity index (χ1v) is 10.1. The van der Waals surface area contributed by atoms with E-state index in [0.717, 1.165) is 24.8 Å². The van der Waals surface area contributed by atoms with Crippen molar-refractivity contribution in [2.45, 2.75) is 49.0 Å². The molecule has 0 bridgehead atoms. The molecule has 1 amide bonds. The number of piperidine rings is 1. The zero-order valence-corrected chi connectivity index (χ0v) is 14.8. The fourth-order valence-electron chi connectivity index (χ4n) is 3.05. The molecule has 0 saturated carbocycles. The van der Waals surface area contributed by atoms with Gasteiger partial charge < -0.3 is 15.1 Å². The smallest absolute Gasteiger partial charge is 0.407 e. The van der Waals surface area contributed by atoms with Crippen molar-refractivity contribution < 1.29 is 23.4 Å². The van der Waals surface area contributed by atoms with E-state index in [1.54, 1.807) is 12.1 Å². The second-order valence-corrected chi connectivity index (χ2v) is 8.63. The third-order valence-corrected chi connectivity index (χ3v) is 5.80. The molecule has 134 valence electrons. The Morgan fingerprint density at radius 3 is 2.25 bits per heavy atom. The van der Waals surface area contributed by atoms with Crippen LogP contribution in [-0.2, 0) is 16.3 Å². The summed E-state index contributed by atoms with van der Waals surface area (Å²) in [5.74, 6) is 0. The molecule has 0 spiro atoms. The van der Waals surface area contributed by atoms with Crippen LogP contribution in [0.1, 0.15) is 37.7 Å². The molecule has 1 saturated heterocycles. The maximum atomic E-state index is 11.4. The standard InChI is InChI=1S/C17H25NO5S/c1-24(22,23)15-7-5-14(6-8-15)4-2-3-9-17(21)10-12-18(13-11-17)16(19)20/h5-8,21H,2-4,9-13H2,1H3,(H,19,20). The van der Waals surface area contributed by atoms with Crippen molar-refractivity contribution in [1.82, 2.24) is 4.90 Å². The van der Waals surface area contributed by atoms with Crippen molar-refractivity contribution in [2.75, 3.05) is 19.3 Å². The SMILES string of the molecule is CS(=O)(=O)c1ccc(CCCCC2(O)CCN(C(=O)O)CC2)cc1. The van der Waals surface area contributed by atoms with Gasteiger partial charge in [-0.25, -0.2) is 13.2 Å². The third-order valence-electron chi connectivity index (χ3n) is 4.67. The zero-order chi connectivity index (χ0) is 17.8. The lowest BCUT2D eigenvalue weighted by Crippen LogP contribution is -2.46. The molecule has 2 rings (SSSR count). The van der Waals surface area contributed by atoms with Crippen LogP contribution in [0.5, 0.6) is 0 Å². The van der Waals surface area contributed by atoms with Gasteiger partial charge in [-0.3, -0.25) is 0 Å². The molecule has 1 aromatic carbocycles. The summed E-state index contributed by atoms with van der Waals surface area (Å²) in [6.45, 7) is 0.775. The lowest BCUT2D eigenvalue weighted by molar-refractivity contribution is -0.0247. The lowest BCUT2D eigenvalue weighted by atomic mass is 9.86. The van der Waals surface area contributed by atoms with Gasteiger partial charge in [0.15, 0.2) is 9.84 Å². The number of aliphatic hydroxyl groups is 1. The Bertz CT molecular complexity index is 661. The van der Waals surface area contributed by atoms with Crippen molar-refractivity contribution in [3.63, 3.8) is 0 Å². The normalized spacial score (nSPS) is 17.7. The van der Waals surface area contributed by atoms with Crippen LogP contribution in [-0.4, -0.2) is 54.6 Å². The Hall–Kier alpha value is -1.60. The highest BCUT2D eigenvalue weighted by Crippen LogP contribution is 2.28. The molecule has 0 unspecified atom stereocenters. The molecule has 7 heteroatoms. The Morgan fingerprint density at radius 1 is 1.17 bits per heavy atom. The highest BCUT2D eigenvalue weighted by Gasteiger charge is 2.33. The summed E-state index contributed by atoms with van der Waals surface area (Å²) in [4.78, 5) is 12.5. The number of unbranched alkanes of at least 4 members (excludes halogenated alkanes) is 1. The molecule has 0 radical (unpaired) electrons. The van der Waals surface area contributed by atoms with Gasteiger partial charge in [0, 0.05) is 19.3 Å². The summed E-state index contributed by atoms with van der Waals surface area (Å²) in [7, 11) is -3.16. The number of hydrogen-bond acceptors (Lipinski definition) is 4. The van der Waals surface area contributed by atoms with Gasteiger partial charge in [-0.05, 0) is 49.8 Å². The third kappa shape index (κ3) is 5.21. The van der Waals surface area contributed by atoms with E-state index in [2.05, 4.69) is 0 Å². The van der Waals surface area contributed by atoms with Gasteiger partial charge in [0.1, 0.15) is 0 Å². The van der Waals surface area contributed by atoms with Gasteiger partial charge in [0.2, 0.25) is 0 Å². The monoisotopic (exact) mass is 355 g/mol. The first kappa shape index (κ1) is 18.7. The van der Waals surface area contributed by atoms with E-state index in [-0.39, 0.29) is 0 Å². The summed E-state index contributed by atoms with van der Waals surface area (Å²) >= 11 is 0. The second-order valence-electron chi connectivity index (χ2n) is 6.62. The quantitative estimate of drug-likeness (QED) is 0.764. The van der Waals surface area contributed by atoms with E-state index in [1.165, 1.54) is 11.2 Å². The molecule has 2 N–H and O–H groups in total. The molecule has 0 aromatic heterocycles. The van der Waals surface area contributed by atoms with Crippen molar-refractivity contribution in [2.24, 2.45) is 0 Å². The van der Waals surface area contributed by atoms with Crippen molar-refractivity contribution in [3.05, 3.63) is 29.8 Å². The van der Waals surface area contributed by atoms with E-state index < -0.39 is 21.5 Å². The van der Waals surface area contributed by atoms with Gasteiger partial charge in [0.05, 0.1) is 10.5 Å². The maximum absolute atomic E-state index is 11.4. The molecule has 1 fully saturated rings. The van der Waals surface area contributed by atoms with Crippen LogP contribution in [0.4, 0.5) is 4.79 Å². The Balaban J connectivity index is 1.74. The summed E-state index contributed by atoms with van der Waals surface area (Å²) in [6.07, 6.45) is 4.52. The van der Waals surface area contributed by atoms with Gasteiger partial charge in [-0.2, -0.15) is 0 Å². The number of benzene rings is 1. The summed E-state index contributed by atoms with van der Waals surface area (Å²) in [5.41, 5.74) is 0.321. The fraction of sp³-hybridized carbons (Fsp3) is 0.588. The lowest BCUT2D eigenvalue weighted by Gasteiger charge is -2.37. The average molecular weight is 355 g/mol. The molecule has 1 aromatic rings. The molecule has 1 heterocycles. The minimum Gasteiger partial charge on any atom is -0.465 e. The number of aryl methyl sites for hydroxylation is 1. The summed E-state index contributed by atoms with van der Waals surface area (Å²) < 4.78 is 22.8. The second kappa shape index (κ2) is 7.53. The van der Waals surface area contributed by atoms with Crippen molar-refractivity contribution >= 4 is 15.9 Å². The van der Waals surface area contributed by atoms with Gasteiger partial charge in [-0.1, -0.05) is 18.6 Å². The first-order valence-electron chi connectivity index (χ1n) is 8.19. The number of sulfone groups is 1. The van der Waals surface area contributed by atoms with Crippen LogP contribution in [0.3, 0.4) is 0 Å². The average Bonchev–Trinajstić information content (AvgIpc) is 2.52. The number of carbonyl (C=O) groups is 1. The van der Waals surface area contributed by atoms with Gasteiger partial charge in [0.25, 0.3) is 0 Å². The summed E-state index contributed by atoms with van der Waals surface area (Å²) in [5, 5.41) is 19.4. The highest BCUT2D eigenvalue weighted by molar-refractivity contribution is 7.90. The predicted molar refractivity (Wildman–Crippen MR) is 90.9 cm³/mol. The number of rotatable bonds is 6. The fourth-order valence-corrected chi connectivity index (χ4v) is 3.68. The predicted octanol–water partition coefficient (Wildman–Crippen LogP) is 2.31. The maximum Gasteiger partial charge on any atom is 0.407 e. The van der Waals surface area contributed by atoms with Gasteiger partial charge in [-0.15, -0.1) is 0 Å². The first-order chi connectivity index (χ1) is 11.2. The van der Waals surface area contributed by atoms with Crippen molar-refractivity contribution in [1.29, 1.82) is 0 Å². The van der Waals surface area contributed by atoms with Crippen LogP contribution < -0.4 is 0 Å². The molecule has 1 aliphatic heterocycles. The van der Waals surface area contributed by atoms with Crippen LogP contribution in [0, 0.1) is 0 Å². The number of hydrogen-bond donors (Lipinski definition) is 2. The highest BCUT2D eigenvalue weighted by atomic mass is 32.2. The van der Waals surface area contributed by atoms with E-state index in [1.807, 2.05) is 12.1 Å². The number of amides is 1. The van der Waals surface area contributed by atoms with E-state index in [9.17, 15) is 18.3 Å². The molecular formula is C17H25NO5S. The van der Waals surface area contributed by atoms with Gasteiger partial charge >= 0.3 is 6.09 Å². The Morgan fingerprint density at radius 2 is 1.75 bits per heavy atom. The molecule has 0 atom stereocenters. The number of nitrogens with zero attached hydrogens (tertiary/aromatic N) is 1. The van der Waals surface area contributed by atoms with Crippen LogP contribution >= 0.6 is 0 Å². The van der Waals surface area contributed by atoms with Crippen LogP contribution in [0.2, 0.25) is 0 Å². The molecular weight excluding hydrogens is 330 g/mol.